The molecular weight excluding hydrogens is 218 g/mol. The molecule has 1 N–H and O–H groups in total. The van der Waals surface area contributed by atoms with Crippen molar-refractivity contribution in [2.45, 2.75) is 31.2 Å². The van der Waals surface area contributed by atoms with Crippen LogP contribution in [0.4, 0.5) is 0 Å². The SMILES string of the molecule is COC1Cc2[nH]ncc2C2(CCN(C)CC2)O1. The summed E-state index contributed by atoms with van der Waals surface area (Å²) in [5.41, 5.74) is 2.22. The lowest BCUT2D eigenvalue weighted by Crippen LogP contribution is -2.48. The summed E-state index contributed by atoms with van der Waals surface area (Å²) < 4.78 is 11.6. The molecule has 1 unspecified atom stereocenters. The predicted molar refractivity (Wildman–Crippen MR) is 62.6 cm³/mol. The van der Waals surface area contributed by atoms with Gasteiger partial charge in [-0.2, -0.15) is 5.10 Å². The highest BCUT2D eigenvalue weighted by Crippen LogP contribution is 2.42. The van der Waals surface area contributed by atoms with Crippen LogP contribution >= 0.6 is 0 Å². The Kier molecular flexibility index (Phi) is 2.69. The zero-order chi connectivity index (χ0) is 11.9. The molecule has 5 heteroatoms. The normalized spacial score (nSPS) is 28.2. The monoisotopic (exact) mass is 237 g/mol. The van der Waals surface area contributed by atoms with E-state index in [-0.39, 0.29) is 11.9 Å². The Bertz CT molecular complexity index is 396. The van der Waals surface area contributed by atoms with E-state index < -0.39 is 0 Å². The van der Waals surface area contributed by atoms with E-state index in [2.05, 4.69) is 22.1 Å². The number of likely N-dealkylation sites (tertiary alicyclic amines) is 1. The number of ether oxygens (including phenoxy) is 2. The molecule has 94 valence electrons. The van der Waals surface area contributed by atoms with Crippen LogP contribution in [0.2, 0.25) is 0 Å². The van der Waals surface area contributed by atoms with Crippen molar-refractivity contribution in [3.8, 4) is 0 Å². The lowest BCUT2D eigenvalue weighted by atomic mass is 9.82. The number of nitrogens with one attached hydrogen (secondary N) is 1. The summed E-state index contributed by atoms with van der Waals surface area (Å²) in [6, 6.07) is 0. The highest BCUT2D eigenvalue weighted by atomic mass is 16.7. The van der Waals surface area contributed by atoms with Crippen LogP contribution in [0.1, 0.15) is 24.1 Å². The van der Waals surface area contributed by atoms with Gasteiger partial charge in [-0.15, -0.1) is 0 Å². The second-order valence-corrected chi connectivity index (χ2v) is 5.05. The summed E-state index contributed by atoms with van der Waals surface area (Å²) in [4.78, 5) is 2.34. The number of aromatic amines is 1. The van der Waals surface area contributed by atoms with Gasteiger partial charge in [-0.25, -0.2) is 0 Å². The summed E-state index contributed by atoms with van der Waals surface area (Å²) >= 11 is 0. The van der Waals surface area contributed by atoms with Crippen LogP contribution < -0.4 is 0 Å². The first-order valence-corrected chi connectivity index (χ1v) is 6.15. The number of fused-ring (bicyclic) bond motifs is 2. The van der Waals surface area contributed by atoms with Crippen molar-refractivity contribution < 1.29 is 9.47 Å². The third-order valence-corrected chi connectivity index (χ3v) is 3.99. The first kappa shape index (κ1) is 11.2. The number of piperidine rings is 1. The van der Waals surface area contributed by atoms with Gasteiger partial charge in [-0.05, 0) is 19.9 Å². The number of rotatable bonds is 1. The van der Waals surface area contributed by atoms with Gasteiger partial charge in [0.25, 0.3) is 0 Å². The molecule has 1 saturated heterocycles. The van der Waals surface area contributed by atoms with Crippen molar-refractivity contribution in [1.29, 1.82) is 0 Å². The number of hydrogen-bond donors (Lipinski definition) is 1. The summed E-state index contributed by atoms with van der Waals surface area (Å²) in [5, 5.41) is 7.25. The van der Waals surface area contributed by atoms with E-state index in [1.807, 2.05) is 6.20 Å². The van der Waals surface area contributed by atoms with Gasteiger partial charge in [0.2, 0.25) is 0 Å². The highest BCUT2D eigenvalue weighted by Gasteiger charge is 2.44. The molecule has 0 bridgehead atoms. The molecule has 3 rings (SSSR count). The van der Waals surface area contributed by atoms with E-state index in [9.17, 15) is 0 Å². The Morgan fingerprint density at radius 1 is 1.53 bits per heavy atom. The van der Waals surface area contributed by atoms with Gasteiger partial charge in [-0.1, -0.05) is 0 Å². The van der Waals surface area contributed by atoms with Gasteiger partial charge in [0.15, 0.2) is 6.29 Å². The molecule has 2 aliphatic heterocycles. The summed E-state index contributed by atoms with van der Waals surface area (Å²) in [7, 11) is 3.86. The van der Waals surface area contributed by atoms with Crippen LogP contribution in [0.3, 0.4) is 0 Å². The molecule has 2 aliphatic rings. The van der Waals surface area contributed by atoms with Gasteiger partial charge in [0, 0.05) is 37.9 Å². The standard InChI is InChI=1S/C12H19N3O2/c1-15-5-3-12(4-6-15)9-8-13-14-10(9)7-11(16-2)17-12/h8,11H,3-7H2,1-2H3,(H,13,14). The average Bonchev–Trinajstić information content (AvgIpc) is 2.82. The molecule has 0 aliphatic carbocycles. The van der Waals surface area contributed by atoms with Gasteiger partial charge < -0.3 is 14.4 Å². The quantitative estimate of drug-likeness (QED) is 0.787. The third kappa shape index (κ3) is 1.78. The zero-order valence-electron chi connectivity index (χ0n) is 10.4. The molecule has 0 aromatic carbocycles. The fourth-order valence-corrected chi connectivity index (χ4v) is 2.88. The van der Waals surface area contributed by atoms with Crippen LogP contribution in [0.5, 0.6) is 0 Å². The maximum atomic E-state index is 6.19. The number of hydrogen-bond acceptors (Lipinski definition) is 4. The zero-order valence-corrected chi connectivity index (χ0v) is 10.4. The maximum Gasteiger partial charge on any atom is 0.163 e. The number of aromatic nitrogens is 2. The maximum absolute atomic E-state index is 6.19. The second-order valence-electron chi connectivity index (χ2n) is 5.05. The minimum absolute atomic E-state index is 0.147. The molecular formula is C12H19N3O2. The molecule has 17 heavy (non-hydrogen) atoms. The highest BCUT2D eigenvalue weighted by molar-refractivity contribution is 5.28. The fraction of sp³-hybridized carbons (Fsp3) is 0.750. The van der Waals surface area contributed by atoms with Gasteiger partial charge in [0.1, 0.15) is 5.60 Å². The summed E-state index contributed by atoms with van der Waals surface area (Å²) in [6.45, 7) is 2.11. The molecule has 1 spiro atoms. The van der Waals surface area contributed by atoms with Crippen LogP contribution in [-0.4, -0.2) is 48.6 Å². The number of methoxy groups -OCH3 is 1. The lowest BCUT2D eigenvalue weighted by Gasteiger charge is -2.44. The minimum atomic E-state index is -0.187. The second kappa shape index (κ2) is 4.08. The van der Waals surface area contributed by atoms with Crippen LogP contribution in [-0.2, 0) is 21.5 Å². The molecule has 0 saturated carbocycles. The molecule has 0 amide bonds. The smallest absolute Gasteiger partial charge is 0.163 e. The predicted octanol–water partition coefficient (Wildman–Crippen LogP) is 0.876. The Hall–Kier alpha value is -0.910. The average molecular weight is 237 g/mol. The molecule has 1 atom stereocenters. The molecule has 1 aromatic rings. The molecule has 1 aromatic heterocycles. The lowest BCUT2D eigenvalue weighted by molar-refractivity contribution is -0.226. The van der Waals surface area contributed by atoms with Gasteiger partial charge >= 0.3 is 0 Å². The van der Waals surface area contributed by atoms with Crippen molar-refractivity contribution in [3.63, 3.8) is 0 Å². The van der Waals surface area contributed by atoms with E-state index in [0.717, 1.165) is 32.4 Å². The topological polar surface area (TPSA) is 50.4 Å². The molecule has 1 fully saturated rings. The summed E-state index contributed by atoms with van der Waals surface area (Å²) in [5.74, 6) is 0. The number of nitrogens with zero attached hydrogens (tertiary/aromatic N) is 2. The van der Waals surface area contributed by atoms with Gasteiger partial charge in [0.05, 0.1) is 6.20 Å². The minimum Gasteiger partial charge on any atom is -0.355 e. The molecule has 3 heterocycles. The van der Waals surface area contributed by atoms with E-state index in [1.165, 1.54) is 11.3 Å². The van der Waals surface area contributed by atoms with Crippen molar-refractivity contribution in [1.82, 2.24) is 15.1 Å². The van der Waals surface area contributed by atoms with E-state index in [4.69, 9.17) is 9.47 Å². The van der Waals surface area contributed by atoms with Crippen molar-refractivity contribution in [2.24, 2.45) is 0 Å². The summed E-state index contributed by atoms with van der Waals surface area (Å²) in [6.07, 6.45) is 4.56. The van der Waals surface area contributed by atoms with Crippen molar-refractivity contribution in [2.75, 3.05) is 27.2 Å². The van der Waals surface area contributed by atoms with Gasteiger partial charge in [-0.3, -0.25) is 5.10 Å². The first-order chi connectivity index (χ1) is 8.23. The Labute approximate surface area is 101 Å². The van der Waals surface area contributed by atoms with Crippen LogP contribution in [0.25, 0.3) is 0 Å². The molecule has 5 nitrogen and oxygen atoms in total. The van der Waals surface area contributed by atoms with Crippen molar-refractivity contribution in [3.05, 3.63) is 17.5 Å². The first-order valence-electron chi connectivity index (χ1n) is 6.15. The van der Waals surface area contributed by atoms with E-state index in [0.29, 0.717) is 0 Å². The largest absolute Gasteiger partial charge is 0.355 e. The third-order valence-electron chi connectivity index (χ3n) is 3.99. The number of H-pyrrole nitrogens is 1. The van der Waals surface area contributed by atoms with Crippen molar-refractivity contribution >= 4 is 0 Å². The fourth-order valence-electron chi connectivity index (χ4n) is 2.88. The van der Waals surface area contributed by atoms with E-state index in [1.54, 1.807) is 7.11 Å². The van der Waals surface area contributed by atoms with Crippen LogP contribution in [0, 0.1) is 0 Å². The van der Waals surface area contributed by atoms with E-state index >= 15 is 0 Å². The Morgan fingerprint density at radius 3 is 3.00 bits per heavy atom. The molecule has 0 radical (unpaired) electrons. The Balaban J connectivity index is 1.94. The van der Waals surface area contributed by atoms with Crippen LogP contribution in [0.15, 0.2) is 6.20 Å². The Morgan fingerprint density at radius 2 is 2.29 bits per heavy atom.